The van der Waals surface area contributed by atoms with E-state index in [4.69, 9.17) is 5.21 Å². The topological polar surface area (TPSA) is 118 Å². The lowest BCUT2D eigenvalue weighted by Gasteiger charge is -2.21. The van der Waals surface area contributed by atoms with E-state index in [0.717, 1.165) is 0 Å². The fourth-order valence-electron chi connectivity index (χ4n) is 1.54. The highest BCUT2D eigenvalue weighted by molar-refractivity contribution is 5.59. The molecule has 0 amide bonds. The molecular formula is C12H12F3N6O3-. The summed E-state index contributed by atoms with van der Waals surface area (Å²) in [6.07, 6.45) is -4.52. The number of aromatic nitrogens is 3. The van der Waals surface area contributed by atoms with E-state index in [0.29, 0.717) is 5.69 Å². The Morgan fingerprint density at radius 2 is 1.79 bits per heavy atom. The number of halogens is 3. The molecule has 130 valence electrons. The maximum atomic E-state index is 12.2. The molecule has 2 aromatic rings. The number of nitrogens with one attached hydrogen (secondary N) is 2. The summed E-state index contributed by atoms with van der Waals surface area (Å²) in [6, 6.07) is 5.00. The summed E-state index contributed by atoms with van der Waals surface area (Å²) in [5.41, 5.74) is 0.428. The monoisotopic (exact) mass is 345 g/mol. The fourth-order valence-corrected chi connectivity index (χ4v) is 1.54. The molecule has 0 radical (unpaired) electrons. The van der Waals surface area contributed by atoms with Crippen LogP contribution in [-0.2, 0) is 0 Å². The molecular weight excluding hydrogens is 333 g/mol. The second-order valence-electron chi connectivity index (χ2n) is 4.36. The van der Waals surface area contributed by atoms with Crippen LogP contribution in [0.1, 0.15) is 0 Å². The Hall–Kier alpha value is -2.86. The molecule has 1 aromatic heterocycles. The zero-order valence-electron chi connectivity index (χ0n) is 12.2. The van der Waals surface area contributed by atoms with Crippen molar-refractivity contribution in [3.05, 3.63) is 29.5 Å². The first-order chi connectivity index (χ1) is 11.3. The molecule has 0 aliphatic rings. The van der Waals surface area contributed by atoms with Crippen LogP contribution in [0.2, 0.25) is 0 Å². The number of rotatable bonds is 6. The molecule has 0 aliphatic carbocycles. The van der Waals surface area contributed by atoms with Crippen LogP contribution >= 0.6 is 0 Å². The maximum absolute atomic E-state index is 12.2. The molecule has 0 saturated heterocycles. The number of nitrogens with zero attached hydrogens (tertiary/aromatic N) is 4. The Bertz CT molecular complexity index is 681. The summed E-state index contributed by atoms with van der Waals surface area (Å²) in [4.78, 5) is 11.3. The SMILES string of the molecule is CNc1nc(Nc2ccc(N([O-])O)cc2)nc(OCC(F)(F)F)n1. The van der Waals surface area contributed by atoms with E-state index in [1.807, 2.05) is 0 Å². The average Bonchev–Trinajstić information content (AvgIpc) is 2.52. The standard InChI is InChI=1S/C12H12F3N6O3/c1-16-9-18-10(20-11(19-9)24-6-12(13,14)15)17-7-2-4-8(5-3-7)21(22)23/h2-5,22H,6H2,1H3,(H2,16,17,18,19,20)/q-1. The molecule has 2 rings (SSSR count). The molecule has 0 bridgehead atoms. The number of benzene rings is 1. The molecule has 0 unspecified atom stereocenters. The number of hydrogen-bond acceptors (Lipinski definition) is 9. The van der Waals surface area contributed by atoms with Gasteiger partial charge in [0.05, 0.1) is 5.69 Å². The van der Waals surface area contributed by atoms with E-state index in [1.165, 1.54) is 31.3 Å². The van der Waals surface area contributed by atoms with E-state index in [2.05, 4.69) is 30.3 Å². The zero-order chi connectivity index (χ0) is 17.7. The Morgan fingerprint density at radius 1 is 1.17 bits per heavy atom. The third kappa shape index (κ3) is 5.10. The summed E-state index contributed by atoms with van der Waals surface area (Å²) in [5, 5.41) is 24.4. The fraction of sp³-hybridized carbons (Fsp3) is 0.250. The van der Waals surface area contributed by atoms with Crippen LogP contribution in [0, 0.1) is 5.21 Å². The number of alkyl halides is 3. The van der Waals surface area contributed by atoms with Crippen LogP contribution in [0.3, 0.4) is 0 Å². The summed E-state index contributed by atoms with van der Waals surface area (Å²) in [7, 11) is 1.48. The highest BCUT2D eigenvalue weighted by Crippen LogP contribution is 2.21. The minimum Gasteiger partial charge on any atom is -0.733 e. The van der Waals surface area contributed by atoms with Crippen molar-refractivity contribution in [1.82, 2.24) is 15.0 Å². The molecule has 0 aliphatic heterocycles. The highest BCUT2D eigenvalue weighted by atomic mass is 19.4. The van der Waals surface area contributed by atoms with E-state index in [9.17, 15) is 18.4 Å². The molecule has 1 heterocycles. The first-order valence-electron chi connectivity index (χ1n) is 6.43. The van der Waals surface area contributed by atoms with Crippen molar-refractivity contribution in [2.24, 2.45) is 0 Å². The van der Waals surface area contributed by atoms with Gasteiger partial charge in [-0.2, -0.15) is 28.1 Å². The number of ether oxygens (including phenoxy) is 1. The smallest absolute Gasteiger partial charge is 0.422 e. The van der Waals surface area contributed by atoms with Gasteiger partial charge in [0.2, 0.25) is 11.9 Å². The lowest BCUT2D eigenvalue weighted by atomic mass is 10.3. The Kier molecular flexibility index (Phi) is 5.21. The number of anilines is 4. The van der Waals surface area contributed by atoms with Crippen LogP contribution in [0.25, 0.3) is 0 Å². The van der Waals surface area contributed by atoms with Crippen molar-refractivity contribution >= 4 is 23.3 Å². The van der Waals surface area contributed by atoms with Gasteiger partial charge < -0.3 is 25.8 Å². The zero-order valence-corrected chi connectivity index (χ0v) is 12.2. The molecule has 0 fully saturated rings. The van der Waals surface area contributed by atoms with Crippen LogP contribution < -0.4 is 20.6 Å². The van der Waals surface area contributed by atoms with Gasteiger partial charge in [0, 0.05) is 12.7 Å². The van der Waals surface area contributed by atoms with Crippen molar-refractivity contribution < 1.29 is 23.1 Å². The lowest BCUT2D eigenvalue weighted by molar-refractivity contribution is -0.154. The highest BCUT2D eigenvalue weighted by Gasteiger charge is 2.29. The van der Waals surface area contributed by atoms with Gasteiger partial charge in [0.1, 0.15) is 0 Å². The number of hydrogen-bond donors (Lipinski definition) is 3. The Labute approximate surface area is 133 Å². The van der Waals surface area contributed by atoms with Gasteiger partial charge in [-0.05, 0) is 24.3 Å². The maximum Gasteiger partial charge on any atom is 0.422 e. The van der Waals surface area contributed by atoms with Crippen LogP contribution in [0.15, 0.2) is 24.3 Å². The van der Waals surface area contributed by atoms with E-state index < -0.39 is 18.8 Å². The van der Waals surface area contributed by atoms with E-state index in [1.54, 1.807) is 0 Å². The van der Waals surface area contributed by atoms with Gasteiger partial charge in [-0.25, -0.2) is 0 Å². The third-order valence-electron chi connectivity index (χ3n) is 2.55. The van der Waals surface area contributed by atoms with Gasteiger partial charge in [0.25, 0.3) is 0 Å². The van der Waals surface area contributed by atoms with Gasteiger partial charge in [-0.15, -0.1) is 0 Å². The molecule has 9 nitrogen and oxygen atoms in total. The first-order valence-corrected chi connectivity index (χ1v) is 6.43. The van der Waals surface area contributed by atoms with E-state index in [-0.39, 0.29) is 22.8 Å². The van der Waals surface area contributed by atoms with Gasteiger partial charge in [-0.1, -0.05) is 0 Å². The molecule has 3 N–H and O–H groups in total. The summed E-state index contributed by atoms with van der Waals surface area (Å²) in [5.74, 6) is -0.0651. The van der Waals surface area contributed by atoms with Gasteiger partial charge in [0.15, 0.2) is 6.61 Å². The molecule has 0 atom stereocenters. The molecule has 0 saturated carbocycles. The molecule has 12 heteroatoms. The summed E-state index contributed by atoms with van der Waals surface area (Å²) < 4.78 is 41.1. The predicted octanol–water partition coefficient (Wildman–Crippen LogP) is 2.29. The third-order valence-corrected chi connectivity index (χ3v) is 2.55. The Balaban J connectivity index is 2.16. The van der Waals surface area contributed by atoms with Crippen molar-refractivity contribution in [3.63, 3.8) is 0 Å². The molecule has 24 heavy (non-hydrogen) atoms. The normalized spacial score (nSPS) is 11.1. The van der Waals surface area contributed by atoms with E-state index >= 15 is 0 Å². The van der Waals surface area contributed by atoms with Crippen LogP contribution in [0.5, 0.6) is 6.01 Å². The summed E-state index contributed by atoms with van der Waals surface area (Å²) in [6.45, 7) is -1.54. The van der Waals surface area contributed by atoms with Crippen molar-refractivity contribution in [1.29, 1.82) is 0 Å². The minimum atomic E-state index is -4.52. The Morgan fingerprint density at radius 3 is 2.33 bits per heavy atom. The minimum absolute atomic E-state index is 0.00121. The van der Waals surface area contributed by atoms with Gasteiger partial charge >= 0.3 is 12.2 Å². The van der Waals surface area contributed by atoms with Crippen LogP contribution in [-0.4, -0.2) is 40.0 Å². The second-order valence-corrected chi connectivity index (χ2v) is 4.36. The van der Waals surface area contributed by atoms with Crippen molar-refractivity contribution in [3.8, 4) is 6.01 Å². The largest absolute Gasteiger partial charge is 0.733 e. The second kappa shape index (κ2) is 7.14. The average molecular weight is 345 g/mol. The molecule has 1 aromatic carbocycles. The predicted molar refractivity (Wildman–Crippen MR) is 78.3 cm³/mol. The van der Waals surface area contributed by atoms with Crippen molar-refractivity contribution in [2.45, 2.75) is 6.18 Å². The summed E-state index contributed by atoms with van der Waals surface area (Å²) >= 11 is 0. The lowest BCUT2D eigenvalue weighted by Crippen LogP contribution is -2.20. The molecule has 0 spiro atoms. The van der Waals surface area contributed by atoms with Gasteiger partial charge in [-0.3, -0.25) is 5.21 Å². The van der Waals surface area contributed by atoms with Crippen molar-refractivity contribution in [2.75, 3.05) is 29.5 Å². The quantitative estimate of drug-likeness (QED) is 0.677. The van der Waals surface area contributed by atoms with Crippen LogP contribution in [0.4, 0.5) is 36.4 Å². The first kappa shape index (κ1) is 17.5.